The van der Waals surface area contributed by atoms with Gasteiger partial charge in [-0.15, -0.1) is 0 Å². The summed E-state index contributed by atoms with van der Waals surface area (Å²) in [4.78, 5) is 12.2. The van der Waals surface area contributed by atoms with E-state index in [9.17, 15) is 15.0 Å². The number of carbonyl (C=O) groups is 1. The number of hydrogen-bond acceptors (Lipinski definition) is 4. The van der Waals surface area contributed by atoms with Crippen LogP contribution in [0.1, 0.15) is 25.0 Å². The summed E-state index contributed by atoms with van der Waals surface area (Å²) in [5, 5.41) is 22.0. The Balaban J connectivity index is 2.20. The summed E-state index contributed by atoms with van der Waals surface area (Å²) in [7, 11) is 0. The Morgan fingerprint density at radius 1 is 1.25 bits per heavy atom. The first-order valence-corrected chi connectivity index (χ1v) is 8.42. The maximum atomic E-state index is 12.2. The molecule has 0 radical (unpaired) electrons. The van der Waals surface area contributed by atoms with Gasteiger partial charge in [0.05, 0.1) is 0 Å². The number of halogens is 1. The van der Waals surface area contributed by atoms with E-state index < -0.39 is 12.2 Å². The van der Waals surface area contributed by atoms with Crippen LogP contribution in [0.5, 0.6) is 5.75 Å². The zero-order valence-electron chi connectivity index (χ0n) is 13.3. The van der Waals surface area contributed by atoms with Gasteiger partial charge < -0.3 is 14.9 Å². The van der Waals surface area contributed by atoms with E-state index in [1.54, 1.807) is 24.3 Å². The normalized spacial score (nSPS) is 13.1. The van der Waals surface area contributed by atoms with Gasteiger partial charge in [0.2, 0.25) is 0 Å². The molecule has 24 heavy (non-hydrogen) atoms. The molecule has 5 nitrogen and oxygen atoms in total. The van der Waals surface area contributed by atoms with Gasteiger partial charge in [-0.25, -0.2) is 4.79 Å². The predicted octanol–water partition coefficient (Wildman–Crippen LogP) is 4.46. The number of hydrogen-bond donors (Lipinski definition) is 3. The van der Waals surface area contributed by atoms with Crippen LogP contribution in [-0.4, -0.2) is 22.9 Å². The van der Waals surface area contributed by atoms with E-state index >= 15 is 0 Å². The Labute approximate surface area is 149 Å². The van der Waals surface area contributed by atoms with Crippen LogP contribution >= 0.6 is 15.9 Å². The van der Waals surface area contributed by atoms with Crippen molar-refractivity contribution in [1.82, 2.24) is 0 Å². The third kappa shape index (κ3) is 4.97. The van der Waals surface area contributed by atoms with E-state index in [0.29, 0.717) is 17.7 Å². The van der Waals surface area contributed by atoms with Gasteiger partial charge in [0.25, 0.3) is 0 Å². The number of nitrogens with one attached hydrogen (secondary N) is 1. The van der Waals surface area contributed by atoms with Crippen LogP contribution in [0.2, 0.25) is 0 Å². The van der Waals surface area contributed by atoms with Crippen molar-refractivity contribution in [2.45, 2.75) is 19.4 Å². The van der Waals surface area contributed by atoms with Gasteiger partial charge in [-0.1, -0.05) is 41.1 Å². The molecule has 0 aromatic heterocycles. The minimum atomic E-state index is -0.682. The summed E-state index contributed by atoms with van der Waals surface area (Å²) in [6.07, 6.45) is -0.858. The third-order valence-electron chi connectivity index (χ3n) is 3.65. The molecule has 3 N–H and O–H groups in total. The zero-order chi connectivity index (χ0) is 17.5. The molecule has 0 fully saturated rings. The van der Waals surface area contributed by atoms with Crippen molar-refractivity contribution in [3.63, 3.8) is 0 Å². The highest BCUT2D eigenvalue weighted by atomic mass is 79.9. The number of ether oxygens (including phenoxy) is 1. The molecule has 0 aliphatic heterocycles. The minimum Gasteiger partial charge on any atom is -0.508 e. The molecule has 1 amide bonds. The van der Waals surface area contributed by atoms with Crippen LogP contribution < -0.4 is 5.32 Å². The van der Waals surface area contributed by atoms with Crippen LogP contribution in [0.4, 0.5) is 10.5 Å². The zero-order valence-corrected chi connectivity index (χ0v) is 14.9. The maximum Gasteiger partial charge on any atom is 0.412 e. The molecular formula is C18H20BrNO4. The van der Waals surface area contributed by atoms with Crippen LogP contribution in [0.15, 0.2) is 53.0 Å². The van der Waals surface area contributed by atoms with Gasteiger partial charge in [0.15, 0.2) is 0 Å². The summed E-state index contributed by atoms with van der Waals surface area (Å²) in [5.74, 6) is -0.128. The number of phenolic OH excluding ortho intramolecular Hbond substituents is 1. The predicted molar refractivity (Wildman–Crippen MR) is 96.0 cm³/mol. The molecule has 0 bridgehead atoms. The fraction of sp³-hybridized carbons (Fsp3) is 0.278. The van der Waals surface area contributed by atoms with E-state index in [4.69, 9.17) is 4.74 Å². The van der Waals surface area contributed by atoms with Crippen molar-refractivity contribution < 1.29 is 19.7 Å². The van der Waals surface area contributed by atoms with Crippen molar-refractivity contribution in [3.8, 4) is 5.75 Å². The molecule has 6 heteroatoms. The second-order valence-electron chi connectivity index (χ2n) is 5.51. The largest absolute Gasteiger partial charge is 0.508 e. The lowest BCUT2D eigenvalue weighted by Crippen LogP contribution is -2.22. The number of aliphatic hydroxyl groups is 1. The average Bonchev–Trinajstić information content (AvgIpc) is 2.56. The first-order valence-electron chi connectivity index (χ1n) is 7.63. The Morgan fingerprint density at radius 3 is 2.62 bits per heavy atom. The van der Waals surface area contributed by atoms with Gasteiger partial charge in [-0.3, -0.25) is 5.32 Å². The van der Waals surface area contributed by atoms with E-state index in [2.05, 4.69) is 21.2 Å². The number of amides is 1. The Morgan fingerprint density at radius 2 is 1.96 bits per heavy atom. The molecule has 0 aliphatic rings. The molecule has 0 aliphatic carbocycles. The molecule has 0 saturated carbocycles. The lowest BCUT2D eigenvalue weighted by atomic mass is 9.94. The van der Waals surface area contributed by atoms with E-state index in [-0.39, 0.29) is 18.3 Å². The topological polar surface area (TPSA) is 78.8 Å². The van der Waals surface area contributed by atoms with Gasteiger partial charge in [0.1, 0.15) is 11.9 Å². The van der Waals surface area contributed by atoms with E-state index in [1.807, 2.05) is 25.1 Å². The van der Waals surface area contributed by atoms with E-state index in [0.717, 1.165) is 4.47 Å². The number of aliphatic hydroxyl groups excluding tert-OH is 1. The Kier molecular flexibility index (Phi) is 6.63. The number of carbonyl (C=O) groups excluding carboxylic acids is 1. The molecule has 2 rings (SSSR count). The highest BCUT2D eigenvalue weighted by Gasteiger charge is 2.26. The second kappa shape index (κ2) is 8.70. The Hall–Kier alpha value is -2.05. The Bertz CT molecular complexity index is 678. The summed E-state index contributed by atoms with van der Waals surface area (Å²) in [5.41, 5.74) is 1.11. The van der Waals surface area contributed by atoms with Gasteiger partial charge in [0, 0.05) is 22.3 Å². The molecule has 0 spiro atoms. The van der Waals surface area contributed by atoms with Gasteiger partial charge in [-0.2, -0.15) is 0 Å². The molecule has 0 saturated heterocycles. The van der Waals surface area contributed by atoms with Crippen molar-refractivity contribution in [2.75, 3.05) is 11.9 Å². The quantitative estimate of drug-likeness (QED) is 0.676. The van der Waals surface area contributed by atoms with Crippen LogP contribution in [0.25, 0.3) is 0 Å². The lowest BCUT2D eigenvalue weighted by molar-refractivity contribution is 0.0652. The summed E-state index contributed by atoms with van der Waals surface area (Å²) in [6, 6.07) is 13.9. The van der Waals surface area contributed by atoms with E-state index in [1.165, 1.54) is 6.07 Å². The molecule has 128 valence electrons. The van der Waals surface area contributed by atoms with Crippen LogP contribution in [-0.2, 0) is 4.74 Å². The number of anilines is 1. The highest BCUT2D eigenvalue weighted by Crippen LogP contribution is 2.36. The van der Waals surface area contributed by atoms with Crippen molar-refractivity contribution in [3.05, 3.63) is 58.6 Å². The summed E-state index contributed by atoms with van der Waals surface area (Å²) < 4.78 is 6.32. The van der Waals surface area contributed by atoms with Crippen molar-refractivity contribution >= 4 is 27.7 Å². The number of rotatable bonds is 6. The van der Waals surface area contributed by atoms with Crippen molar-refractivity contribution in [1.29, 1.82) is 0 Å². The lowest BCUT2D eigenvalue weighted by Gasteiger charge is -2.25. The van der Waals surface area contributed by atoms with Crippen LogP contribution in [0.3, 0.4) is 0 Å². The smallest absolute Gasteiger partial charge is 0.412 e. The molecule has 0 unspecified atom stereocenters. The van der Waals surface area contributed by atoms with Crippen LogP contribution in [0, 0.1) is 5.92 Å². The first kappa shape index (κ1) is 18.3. The fourth-order valence-electron chi connectivity index (χ4n) is 2.38. The monoisotopic (exact) mass is 393 g/mol. The SMILES string of the molecule is C[C@@H](CCO)[C@@H](OC(=O)Nc1ccccc1)c1cc(Br)ccc1O. The molecule has 2 aromatic carbocycles. The van der Waals surface area contributed by atoms with Gasteiger partial charge >= 0.3 is 6.09 Å². The molecular weight excluding hydrogens is 374 g/mol. The fourth-order valence-corrected chi connectivity index (χ4v) is 2.76. The standard InChI is InChI=1S/C18H20BrNO4/c1-12(9-10-21)17(15-11-13(19)7-8-16(15)22)24-18(23)20-14-5-3-2-4-6-14/h2-8,11-12,17,21-22H,9-10H2,1H3,(H,20,23)/t12-,17+/m0/s1. The first-order chi connectivity index (χ1) is 11.5. The van der Waals surface area contributed by atoms with Gasteiger partial charge in [-0.05, 0) is 42.7 Å². The summed E-state index contributed by atoms with van der Waals surface area (Å²) in [6.45, 7) is 1.83. The number of benzene rings is 2. The molecule has 0 heterocycles. The minimum absolute atomic E-state index is 0.0317. The molecule has 2 aromatic rings. The summed E-state index contributed by atoms with van der Waals surface area (Å²) >= 11 is 3.36. The highest BCUT2D eigenvalue weighted by molar-refractivity contribution is 9.10. The number of aromatic hydroxyl groups is 1. The third-order valence-corrected chi connectivity index (χ3v) is 4.14. The number of phenols is 1. The number of para-hydroxylation sites is 1. The van der Waals surface area contributed by atoms with Crippen molar-refractivity contribution in [2.24, 2.45) is 5.92 Å². The maximum absolute atomic E-state index is 12.2. The second-order valence-corrected chi connectivity index (χ2v) is 6.43. The average molecular weight is 394 g/mol. The molecule has 2 atom stereocenters.